The van der Waals surface area contributed by atoms with Crippen LogP contribution >= 0.6 is 0 Å². The van der Waals surface area contributed by atoms with Crippen molar-refractivity contribution in [2.45, 2.75) is 19.8 Å². The van der Waals surface area contributed by atoms with E-state index in [1.165, 1.54) is 4.31 Å². The van der Waals surface area contributed by atoms with Crippen LogP contribution in [-0.4, -0.2) is 70.8 Å². The lowest BCUT2D eigenvalue weighted by atomic mass is 9.99. The number of amides is 1. The molecule has 1 aliphatic rings. The number of nitrogens with one attached hydrogen (secondary N) is 2. The minimum atomic E-state index is -3.20. The predicted octanol–water partition coefficient (Wildman–Crippen LogP) is -0.600. The van der Waals surface area contributed by atoms with Gasteiger partial charge in [-0.2, -0.15) is 0 Å². The molecule has 0 radical (unpaired) electrons. The Morgan fingerprint density at radius 3 is 2.76 bits per heavy atom. The number of carbonyl (C=O) groups excluding carboxylic acids is 1. The number of piperidine rings is 1. The van der Waals surface area contributed by atoms with Gasteiger partial charge in [0, 0.05) is 39.8 Å². The highest BCUT2D eigenvalue weighted by atomic mass is 32.2. The standard InChI is InChI=1S/C13H27N3O4S/c1-3-21(18,19)16-9-4-5-12(11-16)13(17)15-7-6-14-8-10-20-2/h12,14H,3-11H2,1-2H3,(H,15,17). The molecule has 0 aliphatic carbocycles. The van der Waals surface area contributed by atoms with Crippen molar-refractivity contribution < 1.29 is 17.9 Å². The quantitative estimate of drug-likeness (QED) is 0.554. The van der Waals surface area contributed by atoms with E-state index in [0.717, 1.165) is 19.4 Å². The van der Waals surface area contributed by atoms with Crippen molar-refractivity contribution in [1.29, 1.82) is 0 Å². The second-order valence-electron chi connectivity index (χ2n) is 5.13. The summed E-state index contributed by atoms with van der Waals surface area (Å²) in [6.07, 6.45) is 1.49. The molecular formula is C13H27N3O4S. The summed E-state index contributed by atoms with van der Waals surface area (Å²) in [6, 6.07) is 0. The van der Waals surface area contributed by atoms with E-state index >= 15 is 0 Å². The highest BCUT2D eigenvalue weighted by Crippen LogP contribution is 2.19. The van der Waals surface area contributed by atoms with Crippen LogP contribution < -0.4 is 10.6 Å². The largest absolute Gasteiger partial charge is 0.383 e. The highest BCUT2D eigenvalue weighted by Gasteiger charge is 2.31. The van der Waals surface area contributed by atoms with E-state index in [1.807, 2.05) is 0 Å². The summed E-state index contributed by atoms with van der Waals surface area (Å²) < 4.78 is 30.1. The van der Waals surface area contributed by atoms with Gasteiger partial charge in [0.1, 0.15) is 0 Å². The van der Waals surface area contributed by atoms with Gasteiger partial charge < -0.3 is 15.4 Å². The summed E-state index contributed by atoms with van der Waals surface area (Å²) in [6.45, 7) is 5.07. The Kier molecular flexibility index (Phi) is 8.16. The van der Waals surface area contributed by atoms with Gasteiger partial charge in [-0.25, -0.2) is 12.7 Å². The molecule has 0 bridgehead atoms. The maximum absolute atomic E-state index is 12.1. The first kappa shape index (κ1) is 18.3. The van der Waals surface area contributed by atoms with Crippen molar-refractivity contribution in [1.82, 2.24) is 14.9 Å². The van der Waals surface area contributed by atoms with Crippen LogP contribution in [0, 0.1) is 5.92 Å². The Hall–Kier alpha value is -0.700. The molecule has 0 aromatic heterocycles. The third-order valence-electron chi connectivity index (χ3n) is 3.60. The fraction of sp³-hybridized carbons (Fsp3) is 0.923. The van der Waals surface area contributed by atoms with E-state index in [0.29, 0.717) is 32.8 Å². The van der Waals surface area contributed by atoms with E-state index in [-0.39, 0.29) is 17.6 Å². The number of sulfonamides is 1. The summed E-state index contributed by atoms with van der Waals surface area (Å²) in [4.78, 5) is 12.1. The number of methoxy groups -OCH3 is 1. The second kappa shape index (κ2) is 9.34. The lowest BCUT2D eigenvalue weighted by molar-refractivity contribution is -0.126. The Labute approximate surface area is 127 Å². The number of rotatable bonds is 9. The zero-order chi connectivity index (χ0) is 15.7. The smallest absolute Gasteiger partial charge is 0.224 e. The van der Waals surface area contributed by atoms with Gasteiger partial charge in [-0.1, -0.05) is 0 Å². The number of hydrogen-bond acceptors (Lipinski definition) is 5. The number of carbonyl (C=O) groups is 1. The van der Waals surface area contributed by atoms with Crippen LogP contribution in [0.2, 0.25) is 0 Å². The molecule has 1 unspecified atom stereocenters. The highest BCUT2D eigenvalue weighted by molar-refractivity contribution is 7.89. The molecule has 124 valence electrons. The van der Waals surface area contributed by atoms with E-state index in [9.17, 15) is 13.2 Å². The molecule has 1 aliphatic heterocycles. The van der Waals surface area contributed by atoms with E-state index in [2.05, 4.69) is 10.6 Å². The Morgan fingerprint density at radius 1 is 1.33 bits per heavy atom. The maximum Gasteiger partial charge on any atom is 0.224 e. The number of hydrogen-bond donors (Lipinski definition) is 2. The Bertz CT molecular complexity index is 414. The third kappa shape index (κ3) is 6.29. The average Bonchev–Trinajstić information content (AvgIpc) is 2.50. The zero-order valence-corrected chi connectivity index (χ0v) is 13.7. The zero-order valence-electron chi connectivity index (χ0n) is 12.9. The first-order chi connectivity index (χ1) is 10.0. The molecule has 1 atom stereocenters. The SMILES string of the molecule is CCS(=O)(=O)N1CCCC(C(=O)NCCNCCOC)C1. The average molecular weight is 321 g/mol. The van der Waals surface area contributed by atoms with Crippen molar-refractivity contribution in [3.63, 3.8) is 0 Å². The fourth-order valence-electron chi connectivity index (χ4n) is 2.31. The van der Waals surface area contributed by atoms with Crippen LogP contribution in [0.25, 0.3) is 0 Å². The van der Waals surface area contributed by atoms with Crippen LogP contribution in [0.15, 0.2) is 0 Å². The van der Waals surface area contributed by atoms with E-state index < -0.39 is 10.0 Å². The lowest BCUT2D eigenvalue weighted by Gasteiger charge is -2.30. The molecular weight excluding hydrogens is 294 g/mol. The van der Waals surface area contributed by atoms with Crippen molar-refractivity contribution in [2.24, 2.45) is 5.92 Å². The van der Waals surface area contributed by atoms with Gasteiger partial charge >= 0.3 is 0 Å². The normalized spacial score (nSPS) is 20.4. The van der Waals surface area contributed by atoms with Gasteiger partial charge in [-0.3, -0.25) is 4.79 Å². The molecule has 0 aromatic rings. The molecule has 1 amide bonds. The van der Waals surface area contributed by atoms with Gasteiger partial charge in [-0.15, -0.1) is 0 Å². The molecule has 7 nitrogen and oxygen atoms in total. The monoisotopic (exact) mass is 321 g/mol. The van der Waals surface area contributed by atoms with Crippen molar-refractivity contribution in [3.8, 4) is 0 Å². The number of nitrogens with zero attached hydrogens (tertiary/aromatic N) is 1. The van der Waals surface area contributed by atoms with Crippen LogP contribution in [-0.2, 0) is 19.6 Å². The number of ether oxygens (including phenoxy) is 1. The molecule has 0 aromatic carbocycles. The molecule has 1 saturated heterocycles. The molecule has 0 spiro atoms. The topological polar surface area (TPSA) is 87.7 Å². The first-order valence-electron chi connectivity index (χ1n) is 7.46. The van der Waals surface area contributed by atoms with Crippen molar-refractivity contribution >= 4 is 15.9 Å². The molecule has 2 N–H and O–H groups in total. The lowest BCUT2D eigenvalue weighted by Crippen LogP contribution is -2.46. The molecule has 8 heteroatoms. The molecule has 1 rings (SSSR count). The van der Waals surface area contributed by atoms with Crippen LogP contribution in [0.5, 0.6) is 0 Å². The predicted molar refractivity (Wildman–Crippen MR) is 81.5 cm³/mol. The third-order valence-corrected chi connectivity index (χ3v) is 5.45. The fourth-order valence-corrected chi connectivity index (χ4v) is 3.49. The van der Waals surface area contributed by atoms with Gasteiger partial charge in [0.25, 0.3) is 0 Å². The summed E-state index contributed by atoms with van der Waals surface area (Å²) in [5.41, 5.74) is 0. The minimum absolute atomic E-state index is 0.0560. The minimum Gasteiger partial charge on any atom is -0.383 e. The van der Waals surface area contributed by atoms with Gasteiger partial charge in [-0.05, 0) is 19.8 Å². The summed E-state index contributed by atoms with van der Waals surface area (Å²) in [7, 11) is -1.55. The Morgan fingerprint density at radius 2 is 2.10 bits per heavy atom. The van der Waals surface area contributed by atoms with Crippen LogP contribution in [0.1, 0.15) is 19.8 Å². The first-order valence-corrected chi connectivity index (χ1v) is 9.07. The van der Waals surface area contributed by atoms with Crippen molar-refractivity contribution in [2.75, 3.05) is 52.2 Å². The van der Waals surface area contributed by atoms with Gasteiger partial charge in [0.15, 0.2) is 0 Å². The van der Waals surface area contributed by atoms with E-state index in [4.69, 9.17) is 4.74 Å². The molecule has 21 heavy (non-hydrogen) atoms. The van der Waals surface area contributed by atoms with Gasteiger partial charge in [0.2, 0.25) is 15.9 Å². The maximum atomic E-state index is 12.1. The molecule has 1 fully saturated rings. The second-order valence-corrected chi connectivity index (χ2v) is 7.39. The van der Waals surface area contributed by atoms with E-state index in [1.54, 1.807) is 14.0 Å². The summed E-state index contributed by atoms with van der Waals surface area (Å²) >= 11 is 0. The van der Waals surface area contributed by atoms with Crippen molar-refractivity contribution in [3.05, 3.63) is 0 Å². The summed E-state index contributed by atoms with van der Waals surface area (Å²) in [5, 5.41) is 6.00. The molecule has 0 saturated carbocycles. The Balaban J connectivity index is 2.30. The molecule has 1 heterocycles. The summed E-state index contributed by atoms with van der Waals surface area (Å²) in [5.74, 6) is -0.205. The van der Waals surface area contributed by atoms with Gasteiger partial charge in [0.05, 0.1) is 18.3 Å². The van der Waals surface area contributed by atoms with Crippen LogP contribution in [0.4, 0.5) is 0 Å². The van der Waals surface area contributed by atoms with Crippen LogP contribution in [0.3, 0.4) is 0 Å².